The van der Waals surface area contributed by atoms with Crippen LogP contribution in [0.1, 0.15) is 51.7 Å². The molecule has 1 aliphatic rings. The Morgan fingerprint density at radius 3 is 2.00 bits per heavy atom. The molecule has 31 heavy (non-hydrogen) atoms. The van der Waals surface area contributed by atoms with Crippen molar-refractivity contribution in [3.05, 3.63) is 59.7 Å². The Balaban J connectivity index is 1.50. The molecule has 166 valence electrons. The standard InChI is InChI=1S/C24H31BO5S/c1-18-9-15-22(16-10-18)31(27,28)17-21(26)8-6-7-19-11-13-20(14-12-19)25-29-23(2,3)24(4,5)30-25/h9-16H,6-8,17H2,1-5H3. The zero-order chi connectivity index (χ0) is 22.9. The van der Waals surface area contributed by atoms with Gasteiger partial charge in [0.2, 0.25) is 0 Å². The predicted molar refractivity (Wildman–Crippen MR) is 123 cm³/mol. The van der Waals surface area contributed by atoms with E-state index >= 15 is 0 Å². The van der Waals surface area contributed by atoms with Crippen LogP contribution in [0.4, 0.5) is 0 Å². The van der Waals surface area contributed by atoms with Crippen LogP contribution in [0.2, 0.25) is 0 Å². The maximum absolute atomic E-state index is 12.4. The molecular weight excluding hydrogens is 411 g/mol. The summed E-state index contributed by atoms with van der Waals surface area (Å²) in [6.07, 6.45) is 1.56. The Labute approximate surface area is 186 Å². The highest BCUT2D eigenvalue weighted by Crippen LogP contribution is 2.36. The summed E-state index contributed by atoms with van der Waals surface area (Å²) in [7, 11) is -3.98. The normalized spacial score (nSPS) is 17.6. The molecule has 0 aromatic heterocycles. The van der Waals surface area contributed by atoms with Crippen LogP contribution in [0.25, 0.3) is 0 Å². The van der Waals surface area contributed by atoms with Gasteiger partial charge in [-0.2, -0.15) is 0 Å². The van der Waals surface area contributed by atoms with Crippen LogP contribution in [0.3, 0.4) is 0 Å². The van der Waals surface area contributed by atoms with Gasteiger partial charge in [-0.15, -0.1) is 0 Å². The molecule has 1 saturated heterocycles. The molecule has 0 unspecified atom stereocenters. The van der Waals surface area contributed by atoms with E-state index in [1.54, 1.807) is 24.3 Å². The van der Waals surface area contributed by atoms with Crippen LogP contribution < -0.4 is 5.46 Å². The lowest BCUT2D eigenvalue weighted by molar-refractivity contribution is -0.116. The number of carbonyl (C=O) groups is 1. The lowest BCUT2D eigenvalue weighted by atomic mass is 9.78. The smallest absolute Gasteiger partial charge is 0.399 e. The second-order valence-electron chi connectivity index (χ2n) is 9.29. The van der Waals surface area contributed by atoms with E-state index in [4.69, 9.17) is 9.31 Å². The summed E-state index contributed by atoms with van der Waals surface area (Å²) in [4.78, 5) is 12.4. The number of hydrogen-bond donors (Lipinski definition) is 0. The fourth-order valence-corrected chi connectivity index (χ4v) is 4.71. The van der Waals surface area contributed by atoms with Gasteiger partial charge in [0.1, 0.15) is 11.5 Å². The minimum Gasteiger partial charge on any atom is -0.399 e. The Kier molecular flexibility index (Phi) is 6.79. The van der Waals surface area contributed by atoms with E-state index in [0.29, 0.717) is 12.8 Å². The van der Waals surface area contributed by atoms with Crippen molar-refractivity contribution in [2.75, 3.05) is 5.75 Å². The molecular formula is C24H31BO5S. The van der Waals surface area contributed by atoms with Crippen molar-refractivity contribution >= 4 is 28.2 Å². The van der Waals surface area contributed by atoms with Crippen molar-refractivity contribution in [2.24, 2.45) is 0 Å². The van der Waals surface area contributed by atoms with Gasteiger partial charge < -0.3 is 9.31 Å². The molecule has 1 heterocycles. The lowest BCUT2D eigenvalue weighted by Crippen LogP contribution is -2.41. The van der Waals surface area contributed by atoms with E-state index < -0.39 is 22.7 Å². The third kappa shape index (κ3) is 5.65. The molecule has 0 saturated carbocycles. The second kappa shape index (κ2) is 8.89. The molecule has 0 amide bonds. The fraction of sp³-hybridized carbons (Fsp3) is 0.458. The number of carbonyl (C=O) groups excluding carboxylic acids is 1. The SMILES string of the molecule is Cc1ccc(S(=O)(=O)CC(=O)CCCc2ccc(B3OC(C)(C)C(C)(C)O3)cc2)cc1. The van der Waals surface area contributed by atoms with Crippen molar-refractivity contribution in [3.8, 4) is 0 Å². The molecule has 3 rings (SSSR count). The molecule has 0 atom stereocenters. The van der Waals surface area contributed by atoms with Gasteiger partial charge in [-0.05, 0) is 70.6 Å². The predicted octanol–water partition coefficient (Wildman–Crippen LogP) is 3.66. The summed E-state index contributed by atoms with van der Waals surface area (Å²) in [5, 5.41) is 0. The maximum Gasteiger partial charge on any atom is 0.494 e. The van der Waals surface area contributed by atoms with Crippen LogP contribution in [-0.4, -0.2) is 38.3 Å². The van der Waals surface area contributed by atoms with Crippen molar-refractivity contribution in [1.29, 1.82) is 0 Å². The first-order valence-corrected chi connectivity index (χ1v) is 12.3. The van der Waals surface area contributed by atoms with Crippen molar-refractivity contribution in [3.63, 3.8) is 0 Å². The number of hydrogen-bond acceptors (Lipinski definition) is 5. The number of rotatable bonds is 8. The fourth-order valence-electron chi connectivity index (χ4n) is 3.42. The van der Waals surface area contributed by atoms with Gasteiger partial charge in [0, 0.05) is 6.42 Å². The van der Waals surface area contributed by atoms with Gasteiger partial charge in [-0.3, -0.25) is 4.79 Å². The number of ketones is 1. The van der Waals surface area contributed by atoms with Crippen LogP contribution >= 0.6 is 0 Å². The van der Waals surface area contributed by atoms with Crippen molar-refractivity contribution in [2.45, 2.75) is 70.0 Å². The van der Waals surface area contributed by atoms with Gasteiger partial charge in [0.05, 0.1) is 16.1 Å². The van der Waals surface area contributed by atoms with Crippen LogP contribution in [0.15, 0.2) is 53.4 Å². The monoisotopic (exact) mass is 442 g/mol. The van der Waals surface area contributed by atoms with E-state index in [1.807, 2.05) is 58.9 Å². The number of aryl methyl sites for hydroxylation is 2. The molecule has 2 aromatic rings. The number of Topliss-reactive ketones (excluding diaryl/α,β-unsaturated/α-hetero) is 1. The van der Waals surface area contributed by atoms with Crippen LogP contribution in [0, 0.1) is 6.92 Å². The average Bonchev–Trinajstić information content (AvgIpc) is 2.89. The van der Waals surface area contributed by atoms with Crippen molar-refractivity contribution in [1.82, 2.24) is 0 Å². The number of sulfone groups is 1. The topological polar surface area (TPSA) is 69.7 Å². The van der Waals surface area contributed by atoms with Gasteiger partial charge in [0.15, 0.2) is 9.84 Å². The quantitative estimate of drug-likeness (QED) is 0.584. The third-order valence-electron chi connectivity index (χ3n) is 6.16. The largest absolute Gasteiger partial charge is 0.494 e. The third-order valence-corrected chi connectivity index (χ3v) is 7.85. The molecule has 0 bridgehead atoms. The Bertz CT molecular complexity index is 1010. The highest BCUT2D eigenvalue weighted by molar-refractivity contribution is 7.92. The van der Waals surface area contributed by atoms with Gasteiger partial charge in [-0.1, -0.05) is 42.0 Å². The molecule has 7 heteroatoms. The summed E-state index contributed by atoms with van der Waals surface area (Å²) in [5.74, 6) is -0.703. The maximum atomic E-state index is 12.4. The van der Waals surface area contributed by atoms with Crippen LogP contribution in [0.5, 0.6) is 0 Å². The highest BCUT2D eigenvalue weighted by Gasteiger charge is 2.51. The van der Waals surface area contributed by atoms with E-state index in [2.05, 4.69) is 0 Å². The first-order chi connectivity index (χ1) is 14.4. The van der Waals surface area contributed by atoms with E-state index in [9.17, 15) is 13.2 Å². The zero-order valence-electron chi connectivity index (χ0n) is 19.0. The first kappa shape index (κ1) is 23.7. The molecule has 1 aliphatic heterocycles. The Morgan fingerprint density at radius 2 is 1.45 bits per heavy atom. The second-order valence-corrected chi connectivity index (χ2v) is 11.3. The first-order valence-electron chi connectivity index (χ1n) is 10.7. The zero-order valence-corrected chi connectivity index (χ0v) is 19.8. The van der Waals surface area contributed by atoms with E-state index in [1.165, 1.54) is 0 Å². The highest BCUT2D eigenvalue weighted by atomic mass is 32.2. The molecule has 1 fully saturated rings. The molecule has 0 N–H and O–H groups in total. The van der Waals surface area contributed by atoms with Crippen molar-refractivity contribution < 1.29 is 22.5 Å². The van der Waals surface area contributed by atoms with E-state index in [-0.39, 0.29) is 28.3 Å². The summed E-state index contributed by atoms with van der Waals surface area (Å²) >= 11 is 0. The summed E-state index contributed by atoms with van der Waals surface area (Å²) in [6, 6.07) is 14.6. The Morgan fingerprint density at radius 1 is 0.903 bits per heavy atom. The molecule has 0 aliphatic carbocycles. The summed E-state index contributed by atoms with van der Waals surface area (Å²) < 4.78 is 36.9. The van der Waals surface area contributed by atoms with Gasteiger partial charge >= 0.3 is 7.12 Å². The Hall–Kier alpha value is -1.96. The minimum atomic E-state index is -3.58. The number of benzene rings is 2. The molecule has 0 radical (unpaired) electrons. The minimum absolute atomic E-state index is 0.199. The average molecular weight is 442 g/mol. The molecule has 2 aromatic carbocycles. The molecule has 0 spiro atoms. The summed E-state index contributed by atoms with van der Waals surface area (Å²) in [6.45, 7) is 9.99. The van der Waals surface area contributed by atoms with E-state index in [0.717, 1.165) is 16.6 Å². The van der Waals surface area contributed by atoms with Crippen LogP contribution in [-0.2, 0) is 30.4 Å². The molecule has 5 nitrogen and oxygen atoms in total. The lowest BCUT2D eigenvalue weighted by Gasteiger charge is -2.32. The van der Waals surface area contributed by atoms with Gasteiger partial charge in [0.25, 0.3) is 0 Å². The van der Waals surface area contributed by atoms with Gasteiger partial charge in [-0.25, -0.2) is 8.42 Å². The summed E-state index contributed by atoms with van der Waals surface area (Å²) in [5.41, 5.74) is 2.28.